The predicted molar refractivity (Wildman–Crippen MR) is 92.8 cm³/mol. The Morgan fingerprint density at radius 3 is 1.70 bits per heavy atom. The van der Waals surface area contributed by atoms with Gasteiger partial charge < -0.3 is 4.74 Å². The Balaban J connectivity index is 3.49. The molecule has 138 valence electrons. The molecular formula is C17H34O5S. The topological polar surface area (TPSA) is 80.7 Å². The van der Waals surface area contributed by atoms with Crippen LogP contribution in [0.15, 0.2) is 0 Å². The van der Waals surface area contributed by atoms with E-state index in [-0.39, 0.29) is 12.8 Å². The summed E-state index contributed by atoms with van der Waals surface area (Å²) < 4.78 is 35.5. The van der Waals surface area contributed by atoms with E-state index in [1.165, 1.54) is 51.4 Å². The lowest BCUT2D eigenvalue weighted by Crippen LogP contribution is -2.26. The highest BCUT2D eigenvalue weighted by atomic mass is 32.2. The molecule has 0 heterocycles. The molecule has 0 bridgehead atoms. The number of ether oxygens (including phenoxy) is 1. The number of hydrogen-bond acceptors (Lipinski definition) is 4. The summed E-state index contributed by atoms with van der Waals surface area (Å²) in [5.41, 5.74) is -1.43. The van der Waals surface area contributed by atoms with E-state index in [9.17, 15) is 13.2 Å². The first kappa shape index (κ1) is 22.4. The molecule has 1 unspecified atom stereocenters. The summed E-state index contributed by atoms with van der Waals surface area (Å²) in [7, 11) is -4.31. The lowest BCUT2D eigenvalue weighted by Gasteiger charge is -2.12. The first-order valence-corrected chi connectivity index (χ1v) is 10.6. The van der Waals surface area contributed by atoms with Gasteiger partial charge in [-0.05, 0) is 12.8 Å². The fourth-order valence-electron chi connectivity index (χ4n) is 2.49. The Bertz CT molecular complexity index is 392. The molecular weight excluding hydrogens is 316 g/mol. The minimum Gasteiger partial charge on any atom is -0.443 e. The standard InChI is InChI=1S/C17H34O5S/c1-3-5-6-7-8-9-10-11-12-13-14-15-16(18)22-17(4-2)23(19,20)21/h17H,3-15H2,1-2H3,(H,19,20,21). The van der Waals surface area contributed by atoms with Gasteiger partial charge in [0.15, 0.2) is 0 Å². The van der Waals surface area contributed by atoms with Crippen LogP contribution >= 0.6 is 0 Å². The summed E-state index contributed by atoms with van der Waals surface area (Å²) in [6.45, 7) is 3.77. The first-order valence-electron chi connectivity index (χ1n) is 9.07. The van der Waals surface area contributed by atoms with Gasteiger partial charge in [-0.2, -0.15) is 8.42 Å². The Morgan fingerprint density at radius 2 is 1.30 bits per heavy atom. The van der Waals surface area contributed by atoms with Crippen molar-refractivity contribution in [2.45, 2.75) is 103 Å². The second-order valence-corrected chi connectivity index (χ2v) is 7.68. The van der Waals surface area contributed by atoms with Crippen LogP contribution < -0.4 is 0 Å². The molecule has 0 rings (SSSR count). The molecule has 1 atom stereocenters. The molecule has 0 aromatic carbocycles. The normalized spacial score (nSPS) is 13.0. The summed E-state index contributed by atoms with van der Waals surface area (Å²) in [5, 5.41) is 0. The number of rotatable bonds is 15. The zero-order valence-corrected chi connectivity index (χ0v) is 15.6. The number of hydrogen-bond donors (Lipinski definition) is 1. The van der Waals surface area contributed by atoms with Crippen molar-refractivity contribution in [2.24, 2.45) is 0 Å². The summed E-state index contributed by atoms with van der Waals surface area (Å²) in [5.74, 6) is -0.551. The van der Waals surface area contributed by atoms with Crippen molar-refractivity contribution in [3.63, 3.8) is 0 Å². The molecule has 6 heteroatoms. The van der Waals surface area contributed by atoms with E-state index in [2.05, 4.69) is 6.92 Å². The van der Waals surface area contributed by atoms with E-state index in [1.807, 2.05) is 0 Å². The van der Waals surface area contributed by atoms with E-state index in [1.54, 1.807) is 6.92 Å². The Morgan fingerprint density at radius 1 is 0.870 bits per heavy atom. The SMILES string of the molecule is CCCCCCCCCCCCCC(=O)OC(CC)S(=O)(=O)O. The van der Waals surface area contributed by atoms with Crippen LogP contribution in [0.2, 0.25) is 0 Å². The molecule has 0 spiro atoms. The predicted octanol–water partition coefficient (Wildman–Crippen LogP) is 4.85. The molecule has 23 heavy (non-hydrogen) atoms. The maximum Gasteiger partial charge on any atom is 0.307 e. The molecule has 0 aromatic rings. The molecule has 1 N–H and O–H groups in total. The maximum atomic E-state index is 11.5. The lowest BCUT2D eigenvalue weighted by molar-refractivity contribution is -0.146. The van der Waals surface area contributed by atoms with E-state index in [4.69, 9.17) is 9.29 Å². The smallest absolute Gasteiger partial charge is 0.307 e. The van der Waals surface area contributed by atoms with E-state index in [0.717, 1.165) is 12.8 Å². The number of carbonyl (C=O) groups is 1. The molecule has 0 saturated carbocycles. The summed E-state index contributed by atoms with van der Waals surface area (Å²) in [6.07, 6.45) is 13.4. The van der Waals surface area contributed by atoms with Crippen molar-refractivity contribution >= 4 is 16.1 Å². The van der Waals surface area contributed by atoms with E-state index < -0.39 is 21.5 Å². The highest BCUT2D eigenvalue weighted by molar-refractivity contribution is 7.86. The average Bonchev–Trinajstić information content (AvgIpc) is 2.49. The van der Waals surface area contributed by atoms with Crippen LogP contribution in [-0.4, -0.2) is 24.4 Å². The van der Waals surface area contributed by atoms with Crippen molar-refractivity contribution in [3.05, 3.63) is 0 Å². The average molecular weight is 351 g/mol. The van der Waals surface area contributed by atoms with Gasteiger partial charge in [-0.25, -0.2) is 0 Å². The molecule has 0 saturated heterocycles. The minimum absolute atomic E-state index is 0.0584. The van der Waals surface area contributed by atoms with Crippen molar-refractivity contribution < 1.29 is 22.5 Å². The third-order valence-electron chi connectivity index (χ3n) is 3.91. The van der Waals surface area contributed by atoms with Crippen molar-refractivity contribution in [1.82, 2.24) is 0 Å². The molecule has 0 radical (unpaired) electrons. The zero-order valence-electron chi connectivity index (χ0n) is 14.8. The minimum atomic E-state index is -4.31. The highest BCUT2D eigenvalue weighted by Gasteiger charge is 2.24. The molecule has 0 fully saturated rings. The molecule has 0 aliphatic rings. The largest absolute Gasteiger partial charge is 0.443 e. The molecule has 0 aromatic heterocycles. The summed E-state index contributed by atoms with van der Waals surface area (Å²) in [6, 6.07) is 0. The second-order valence-electron chi connectivity index (χ2n) is 6.13. The second kappa shape index (κ2) is 13.8. The van der Waals surface area contributed by atoms with Crippen LogP contribution in [-0.2, 0) is 19.6 Å². The fraction of sp³-hybridized carbons (Fsp3) is 0.941. The third-order valence-corrected chi connectivity index (χ3v) is 5.01. The summed E-state index contributed by atoms with van der Waals surface area (Å²) in [4.78, 5) is 11.5. The highest BCUT2D eigenvalue weighted by Crippen LogP contribution is 2.13. The maximum absolute atomic E-state index is 11.5. The van der Waals surface area contributed by atoms with Crippen LogP contribution in [0.4, 0.5) is 0 Å². The van der Waals surface area contributed by atoms with Crippen LogP contribution in [0.5, 0.6) is 0 Å². The molecule has 0 amide bonds. The number of carbonyl (C=O) groups excluding carboxylic acids is 1. The van der Waals surface area contributed by atoms with Crippen molar-refractivity contribution in [3.8, 4) is 0 Å². The zero-order chi connectivity index (χ0) is 17.6. The van der Waals surface area contributed by atoms with Gasteiger partial charge in [-0.1, -0.05) is 78.1 Å². The molecule has 0 aliphatic heterocycles. The number of unbranched alkanes of at least 4 members (excludes halogenated alkanes) is 10. The first-order chi connectivity index (χ1) is 10.9. The van der Waals surface area contributed by atoms with Crippen LogP contribution in [0.3, 0.4) is 0 Å². The van der Waals surface area contributed by atoms with Gasteiger partial charge in [0.2, 0.25) is 5.44 Å². The monoisotopic (exact) mass is 350 g/mol. The van der Waals surface area contributed by atoms with Gasteiger partial charge in [0, 0.05) is 6.42 Å². The third kappa shape index (κ3) is 13.5. The van der Waals surface area contributed by atoms with Gasteiger partial charge in [0.1, 0.15) is 0 Å². The van der Waals surface area contributed by atoms with Crippen molar-refractivity contribution in [1.29, 1.82) is 0 Å². The molecule has 0 aliphatic carbocycles. The lowest BCUT2D eigenvalue weighted by atomic mass is 10.1. The van der Waals surface area contributed by atoms with Gasteiger partial charge >= 0.3 is 16.1 Å². The molecule has 5 nitrogen and oxygen atoms in total. The van der Waals surface area contributed by atoms with E-state index >= 15 is 0 Å². The quantitative estimate of drug-likeness (QED) is 0.259. The van der Waals surface area contributed by atoms with Crippen molar-refractivity contribution in [2.75, 3.05) is 0 Å². The van der Waals surface area contributed by atoms with Gasteiger partial charge in [0.25, 0.3) is 0 Å². The van der Waals surface area contributed by atoms with Gasteiger partial charge in [-0.3, -0.25) is 9.35 Å². The van der Waals surface area contributed by atoms with Crippen LogP contribution in [0.25, 0.3) is 0 Å². The van der Waals surface area contributed by atoms with Gasteiger partial charge in [-0.15, -0.1) is 0 Å². The Hall–Kier alpha value is -0.620. The number of esters is 1. The van der Waals surface area contributed by atoms with Crippen LogP contribution in [0, 0.1) is 0 Å². The van der Waals surface area contributed by atoms with Crippen LogP contribution in [0.1, 0.15) is 97.3 Å². The van der Waals surface area contributed by atoms with E-state index in [0.29, 0.717) is 6.42 Å². The Kier molecular flexibility index (Phi) is 13.4. The summed E-state index contributed by atoms with van der Waals surface area (Å²) >= 11 is 0. The Labute approximate surface area is 141 Å². The van der Waals surface area contributed by atoms with Gasteiger partial charge in [0.05, 0.1) is 0 Å². The fourth-order valence-corrected chi connectivity index (χ4v) is 3.14.